The minimum Gasteiger partial charge on any atom is -0.396 e. The first-order chi connectivity index (χ1) is 9.67. The summed E-state index contributed by atoms with van der Waals surface area (Å²) in [5, 5.41) is 30.5. The molecule has 0 radical (unpaired) electrons. The Balaban J connectivity index is 0.00000220. The highest BCUT2D eigenvalue weighted by atomic mass is 35.5. The summed E-state index contributed by atoms with van der Waals surface area (Å²) in [6.45, 7) is 0.163. The number of aromatic nitrogens is 3. The van der Waals surface area contributed by atoms with E-state index in [-0.39, 0.29) is 24.6 Å². The summed E-state index contributed by atoms with van der Waals surface area (Å²) >= 11 is 0. The van der Waals surface area contributed by atoms with E-state index in [0.29, 0.717) is 24.1 Å². The molecular formula is C12H19ClN4O4. The van der Waals surface area contributed by atoms with Crippen LogP contribution >= 0.6 is 12.4 Å². The monoisotopic (exact) mass is 318 g/mol. The van der Waals surface area contributed by atoms with Gasteiger partial charge in [0.1, 0.15) is 5.52 Å². The summed E-state index contributed by atoms with van der Waals surface area (Å²) in [6, 6.07) is 0. The third-order valence-corrected chi connectivity index (χ3v) is 3.24. The van der Waals surface area contributed by atoms with Crippen LogP contribution in [0.4, 0.5) is 0 Å². The lowest BCUT2D eigenvalue weighted by molar-refractivity contribution is 0.0228. The van der Waals surface area contributed by atoms with Gasteiger partial charge in [-0.3, -0.25) is 4.79 Å². The van der Waals surface area contributed by atoms with Crippen molar-refractivity contribution in [2.24, 2.45) is 5.92 Å². The third-order valence-electron chi connectivity index (χ3n) is 3.24. The van der Waals surface area contributed by atoms with Gasteiger partial charge in [-0.05, 0) is 0 Å². The van der Waals surface area contributed by atoms with Gasteiger partial charge in [-0.2, -0.15) is 0 Å². The van der Waals surface area contributed by atoms with Crippen LogP contribution in [0.15, 0.2) is 17.3 Å². The Labute approximate surface area is 126 Å². The van der Waals surface area contributed by atoms with Gasteiger partial charge in [0.25, 0.3) is 5.56 Å². The Morgan fingerprint density at radius 3 is 2.71 bits per heavy atom. The first-order valence-corrected chi connectivity index (χ1v) is 6.31. The molecule has 2 heterocycles. The number of hydrogen-bond acceptors (Lipinski definition) is 6. The lowest BCUT2D eigenvalue weighted by atomic mass is 10.0. The van der Waals surface area contributed by atoms with E-state index in [2.05, 4.69) is 20.3 Å². The highest BCUT2D eigenvalue weighted by Gasteiger charge is 2.17. The zero-order valence-corrected chi connectivity index (χ0v) is 12.1. The first-order valence-electron chi connectivity index (χ1n) is 6.31. The molecule has 6 N–H and O–H groups in total. The van der Waals surface area contributed by atoms with Gasteiger partial charge in [-0.1, -0.05) is 0 Å². The molecule has 0 amide bonds. The zero-order chi connectivity index (χ0) is 14.5. The van der Waals surface area contributed by atoms with Gasteiger partial charge in [-0.15, -0.1) is 12.4 Å². The largest absolute Gasteiger partial charge is 0.396 e. The third kappa shape index (κ3) is 4.02. The summed E-state index contributed by atoms with van der Waals surface area (Å²) in [6.07, 6.45) is 2.07. The number of aliphatic hydroxyl groups excluding tert-OH is 3. The van der Waals surface area contributed by atoms with Gasteiger partial charge in [0.2, 0.25) is 0 Å². The lowest BCUT2D eigenvalue weighted by Gasteiger charge is -2.19. The zero-order valence-electron chi connectivity index (χ0n) is 11.2. The minimum atomic E-state index is -0.962. The highest BCUT2D eigenvalue weighted by Crippen LogP contribution is 2.11. The molecule has 0 bridgehead atoms. The number of nitrogens with one attached hydrogen (secondary N) is 3. The molecular weight excluding hydrogens is 300 g/mol. The highest BCUT2D eigenvalue weighted by molar-refractivity contribution is 5.85. The maximum atomic E-state index is 11.5. The number of rotatable bonds is 7. The van der Waals surface area contributed by atoms with E-state index in [1.165, 1.54) is 6.33 Å². The van der Waals surface area contributed by atoms with Crippen molar-refractivity contribution in [3.05, 3.63) is 28.4 Å². The summed E-state index contributed by atoms with van der Waals surface area (Å²) in [7, 11) is 0. The average molecular weight is 319 g/mol. The fourth-order valence-electron chi connectivity index (χ4n) is 2.00. The quantitative estimate of drug-likeness (QED) is 0.377. The Kier molecular flexibility index (Phi) is 6.79. The summed E-state index contributed by atoms with van der Waals surface area (Å²) in [5.74, 6) is -0.443. The molecule has 9 heteroatoms. The SMILES string of the molecule is Cl.O=c1[nH]cnc2c(CNCC(CO)C(O)CO)c[nH]c12. The van der Waals surface area contributed by atoms with E-state index < -0.39 is 18.6 Å². The fraction of sp³-hybridized carbons (Fsp3) is 0.500. The molecule has 0 fully saturated rings. The van der Waals surface area contributed by atoms with Gasteiger partial charge < -0.3 is 30.6 Å². The molecule has 2 atom stereocenters. The summed E-state index contributed by atoms with van der Waals surface area (Å²) < 4.78 is 0. The smallest absolute Gasteiger partial charge is 0.275 e. The first kappa shape index (κ1) is 17.6. The van der Waals surface area contributed by atoms with Gasteiger partial charge in [0.05, 0.1) is 24.6 Å². The lowest BCUT2D eigenvalue weighted by Crippen LogP contribution is -2.35. The number of hydrogen-bond donors (Lipinski definition) is 6. The molecule has 2 aromatic heterocycles. The molecule has 21 heavy (non-hydrogen) atoms. The number of H-pyrrole nitrogens is 2. The number of aromatic amines is 2. The second-order valence-corrected chi connectivity index (χ2v) is 4.59. The number of fused-ring (bicyclic) bond motifs is 1. The second-order valence-electron chi connectivity index (χ2n) is 4.59. The Hall–Kier alpha value is -1.45. The van der Waals surface area contributed by atoms with Crippen molar-refractivity contribution < 1.29 is 15.3 Å². The van der Waals surface area contributed by atoms with Crippen LogP contribution in [0.1, 0.15) is 5.56 Å². The van der Waals surface area contributed by atoms with Crippen molar-refractivity contribution in [2.75, 3.05) is 19.8 Å². The van der Waals surface area contributed by atoms with Gasteiger partial charge in [-0.25, -0.2) is 4.98 Å². The van der Waals surface area contributed by atoms with Crippen molar-refractivity contribution in [1.82, 2.24) is 20.3 Å². The van der Waals surface area contributed by atoms with Crippen LogP contribution in [0.3, 0.4) is 0 Å². The average Bonchev–Trinajstić information content (AvgIpc) is 2.87. The Morgan fingerprint density at radius 1 is 1.29 bits per heavy atom. The van der Waals surface area contributed by atoms with Crippen LogP contribution in [0.25, 0.3) is 11.0 Å². The molecule has 2 rings (SSSR count). The predicted octanol–water partition coefficient (Wildman–Crippen LogP) is -1.28. The molecule has 0 aliphatic rings. The van der Waals surface area contributed by atoms with E-state index in [1.54, 1.807) is 6.20 Å². The predicted molar refractivity (Wildman–Crippen MR) is 79.3 cm³/mol. The van der Waals surface area contributed by atoms with Crippen LogP contribution in [-0.2, 0) is 6.54 Å². The molecule has 2 unspecified atom stereocenters. The van der Waals surface area contributed by atoms with Crippen molar-refractivity contribution in [1.29, 1.82) is 0 Å². The molecule has 0 aromatic carbocycles. The van der Waals surface area contributed by atoms with Crippen LogP contribution in [0.5, 0.6) is 0 Å². The molecule has 0 saturated carbocycles. The maximum Gasteiger partial charge on any atom is 0.275 e. The standard InChI is InChI=1S/C12H18N4O4.ClH/c17-4-8(9(19)5-18)2-13-1-7-3-14-11-10(7)15-6-16-12(11)20;/h3,6,8-9,13-14,17-19H,1-2,4-5H2,(H,15,16,20);1H. The molecule has 0 aliphatic carbocycles. The second kappa shape index (κ2) is 8.11. The van der Waals surface area contributed by atoms with Crippen molar-refractivity contribution >= 4 is 23.4 Å². The van der Waals surface area contributed by atoms with E-state index in [1.807, 2.05) is 0 Å². The molecule has 2 aromatic rings. The molecule has 118 valence electrons. The molecule has 8 nitrogen and oxygen atoms in total. The van der Waals surface area contributed by atoms with Crippen LogP contribution < -0.4 is 10.9 Å². The van der Waals surface area contributed by atoms with E-state index >= 15 is 0 Å². The van der Waals surface area contributed by atoms with Crippen LogP contribution in [0.2, 0.25) is 0 Å². The Morgan fingerprint density at radius 2 is 2.05 bits per heavy atom. The van der Waals surface area contributed by atoms with E-state index in [9.17, 15) is 9.90 Å². The van der Waals surface area contributed by atoms with Crippen LogP contribution in [-0.4, -0.2) is 56.1 Å². The summed E-state index contributed by atoms with van der Waals surface area (Å²) in [5.41, 5.74) is 1.59. The Bertz CT molecular complexity index is 615. The van der Waals surface area contributed by atoms with Gasteiger partial charge in [0.15, 0.2) is 0 Å². The van der Waals surface area contributed by atoms with E-state index in [4.69, 9.17) is 10.2 Å². The van der Waals surface area contributed by atoms with Crippen molar-refractivity contribution in [3.63, 3.8) is 0 Å². The maximum absolute atomic E-state index is 11.5. The van der Waals surface area contributed by atoms with Gasteiger partial charge >= 0.3 is 0 Å². The molecule has 0 aliphatic heterocycles. The van der Waals surface area contributed by atoms with Crippen molar-refractivity contribution in [2.45, 2.75) is 12.6 Å². The number of aliphatic hydroxyl groups is 3. The number of halogens is 1. The fourth-order valence-corrected chi connectivity index (χ4v) is 2.00. The van der Waals surface area contributed by atoms with Gasteiger partial charge in [0, 0.05) is 37.4 Å². The summed E-state index contributed by atoms with van der Waals surface area (Å²) in [4.78, 5) is 21.0. The van der Waals surface area contributed by atoms with Crippen molar-refractivity contribution in [3.8, 4) is 0 Å². The molecule has 0 spiro atoms. The minimum absolute atomic E-state index is 0. The number of nitrogens with zero attached hydrogens (tertiary/aromatic N) is 1. The van der Waals surface area contributed by atoms with Crippen LogP contribution in [0, 0.1) is 5.92 Å². The topological polar surface area (TPSA) is 134 Å². The molecule has 0 saturated heterocycles. The van der Waals surface area contributed by atoms with E-state index in [0.717, 1.165) is 5.56 Å². The normalized spacial score (nSPS) is 13.9.